The highest BCUT2D eigenvalue weighted by Crippen LogP contribution is 2.13. The number of amides is 1. The van der Waals surface area contributed by atoms with Crippen LogP contribution in [0.15, 0.2) is 42.5 Å². The molecule has 0 heterocycles. The number of rotatable bonds is 4. The van der Waals surface area contributed by atoms with Crippen molar-refractivity contribution in [3.05, 3.63) is 59.4 Å². The molecule has 0 radical (unpaired) electrons. The molecule has 2 rings (SSSR count). The van der Waals surface area contributed by atoms with Gasteiger partial charge in [-0.2, -0.15) is 0 Å². The maximum atomic E-state index is 13.1. The number of benzene rings is 2. The predicted octanol–water partition coefficient (Wildman–Crippen LogP) is 3.49. The fourth-order valence-corrected chi connectivity index (χ4v) is 1.78. The van der Waals surface area contributed by atoms with Crippen LogP contribution in [0.4, 0.5) is 15.8 Å². The zero-order chi connectivity index (χ0) is 14.5. The molecular weight excluding hydrogens is 255 g/mol. The van der Waals surface area contributed by atoms with Gasteiger partial charge in [-0.25, -0.2) is 4.39 Å². The van der Waals surface area contributed by atoms with Gasteiger partial charge >= 0.3 is 0 Å². The molecule has 0 atom stereocenters. The molecule has 2 aromatic rings. The Morgan fingerprint density at radius 1 is 1.05 bits per heavy atom. The number of halogens is 1. The molecule has 2 N–H and O–H groups in total. The normalized spacial score (nSPS) is 10.2. The van der Waals surface area contributed by atoms with Crippen molar-refractivity contribution in [2.45, 2.75) is 13.8 Å². The van der Waals surface area contributed by atoms with Crippen LogP contribution in [-0.2, 0) is 4.79 Å². The van der Waals surface area contributed by atoms with Crippen molar-refractivity contribution in [3.8, 4) is 0 Å². The van der Waals surface area contributed by atoms with Gasteiger partial charge < -0.3 is 10.6 Å². The average molecular weight is 272 g/mol. The van der Waals surface area contributed by atoms with E-state index < -0.39 is 0 Å². The van der Waals surface area contributed by atoms with Crippen LogP contribution in [0.2, 0.25) is 0 Å². The zero-order valence-corrected chi connectivity index (χ0v) is 11.5. The number of hydrogen-bond acceptors (Lipinski definition) is 2. The summed E-state index contributed by atoms with van der Waals surface area (Å²) < 4.78 is 13.1. The number of aryl methyl sites for hydroxylation is 2. The molecule has 0 unspecified atom stereocenters. The van der Waals surface area contributed by atoms with Crippen molar-refractivity contribution in [3.63, 3.8) is 0 Å². The smallest absolute Gasteiger partial charge is 0.243 e. The number of hydrogen-bond donors (Lipinski definition) is 2. The summed E-state index contributed by atoms with van der Waals surface area (Å²) in [6.07, 6.45) is 0. The van der Waals surface area contributed by atoms with E-state index in [0.717, 1.165) is 16.9 Å². The van der Waals surface area contributed by atoms with Crippen molar-refractivity contribution in [1.29, 1.82) is 0 Å². The first-order chi connectivity index (χ1) is 9.54. The lowest BCUT2D eigenvalue weighted by Crippen LogP contribution is -2.21. The first-order valence-corrected chi connectivity index (χ1v) is 6.41. The molecule has 0 saturated carbocycles. The van der Waals surface area contributed by atoms with E-state index in [0.29, 0.717) is 5.56 Å². The predicted molar refractivity (Wildman–Crippen MR) is 79.4 cm³/mol. The van der Waals surface area contributed by atoms with E-state index in [4.69, 9.17) is 0 Å². The fourth-order valence-electron chi connectivity index (χ4n) is 1.78. The van der Waals surface area contributed by atoms with Crippen LogP contribution >= 0.6 is 0 Å². The van der Waals surface area contributed by atoms with Gasteiger partial charge in [0.25, 0.3) is 0 Å². The van der Waals surface area contributed by atoms with Gasteiger partial charge in [-0.15, -0.1) is 0 Å². The Kier molecular flexibility index (Phi) is 4.35. The Morgan fingerprint density at radius 3 is 2.35 bits per heavy atom. The molecule has 4 heteroatoms. The zero-order valence-electron chi connectivity index (χ0n) is 11.5. The summed E-state index contributed by atoms with van der Waals surface area (Å²) in [7, 11) is 0. The Morgan fingerprint density at radius 2 is 1.70 bits per heavy atom. The van der Waals surface area contributed by atoms with E-state index in [-0.39, 0.29) is 18.3 Å². The van der Waals surface area contributed by atoms with E-state index in [1.54, 1.807) is 19.1 Å². The largest absolute Gasteiger partial charge is 0.376 e. The second-order valence-electron chi connectivity index (χ2n) is 4.73. The van der Waals surface area contributed by atoms with E-state index in [1.807, 2.05) is 31.2 Å². The van der Waals surface area contributed by atoms with Crippen molar-refractivity contribution in [2.24, 2.45) is 0 Å². The first-order valence-electron chi connectivity index (χ1n) is 6.41. The maximum absolute atomic E-state index is 13.1. The third-order valence-electron chi connectivity index (χ3n) is 2.95. The molecule has 0 aliphatic carbocycles. The van der Waals surface area contributed by atoms with Gasteiger partial charge in [0, 0.05) is 11.4 Å². The van der Waals surface area contributed by atoms with Gasteiger partial charge in [-0.05, 0) is 49.7 Å². The maximum Gasteiger partial charge on any atom is 0.243 e. The fraction of sp³-hybridized carbons (Fsp3) is 0.188. The van der Waals surface area contributed by atoms with E-state index in [2.05, 4.69) is 10.6 Å². The summed E-state index contributed by atoms with van der Waals surface area (Å²) in [6.45, 7) is 3.82. The molecule has 0 aliphatic heterocycles. The monoisotopic (exact) mass is 272 g/mol. The number of anilines is 2. The second-order valence-corrected chi connectivity index (χ2v) is 4.73. The Bertz CT molecular complexity index is 608. The second kappa shape index (κ2) is 6.19. The Labute approximate surface area is 117 Å². The highest BCUT2D eigenvalue weighted by molar-refractivity contribution is 5.93. The molecule has 0 spiro atoms. The van der Waals surface area contributed by atoms with Gasteiger partial charge in [0.15, 0.2) is 0 Å². The van der Waals surface area contributed by atoms with Gasteiger partial charge in [0.05, 0.1) is 6.54 Å². The highest BCUT2D eigenvalue weighted by atomic mass is 19.1. The van der Waals surface area contributed by atoms with Crippen molar-refractivity contribution in [1.82, 2.24) is 0 Å². The average Bonchev–Trinajstić information content (AvgIpc) is 2.43. The van der Waals surface area contributed by atoms with Crippen LogP contribution in [0.3, 0.4) is 0 Å². The molecule has 1 amide bonds. The van der Waals surface area contributed by atoms with Crippen LogP contribution in [0.25, 0.3) is 0 Å². The van der Waals surface area contributed by atoms with Crippen LogP contribution in [0.5, 0.6) is 0 Å². The minimum absolute atomic E-state index is 0.138. The molecule has 20 heavy (non-hydrogen) atoms. The molecular formula is C16H17FN2O. The summed E-state index contributed by atoms with van der Waals surface area (Å²) >= 11 is 0. The van der Waals surface area contributed by atoms with E-state index in [9.17, 15) is 9.18 Å². The Balaban J connectivity index is 1.88. The summed E-state index contributed by atoms with van der Waals surface area (Å²) in [5.74, 6) is -0.393. The minimum atomic E-state index is -0.250. The Hall–Kier alpha value is -2.36. The summed E-state index contributed by atoms with van der Waals surface area (Å²) in [5, 5.41) is 5.76. The lowest BCUT2D eigenvalue weighted by Gasteiger charge is -2.09. The van der Waals surface area contributed by atoms with Crippen molar-refractivity contribution in [2.75, 3.05) is 17.2 Å². The van der Waals surface area contributed by atoms with Crippen LogP contribution in [-0.4, -0.2) is 12.5 Å². The van der Waals surface area contributed by atoms with Gasteiger partial charge in [-0.3, -0.25) is 4.79 Å². The van der Waals surface area contributed by atoms with Crippen LogP contribution in [0.1, 0.15) is 11.1 Å². The molecule has 2 aromatic carbocycles. The molecule has 0 bridgehead atoms. The number of carbonyl (C=O) groups is 1. The molecule has 0 fully saturated rings. The van der Waals surface area contributed by atoms with E-state index >= 15 is 0 Å². The SMILES string of the molecule is Cc1ccc(NC(=O)CNc2ccc(F)c(C)c2)cc1. The van der Waals surface area contributed by atoms with Crippen LogP contribution in [0, 0.1) is 19.7 Å². The molecule has 0 aliphatic rings. The summed E-state index contributed by atoms with van der Waals surface area (Å²) in [4.78, 5) is 11.8. The van der Waals surface area contributed by atoms with Crippen LogP contribution < -0.4 is 10.6 Å². The summed E-state index contributed by atoms with van der Waals surface area (Å²) in [6, 6.07) is 12.3. The lowest BCUT2D eigenvalue weighted by atomic mass is 10.2. The molecule has 0 saturated heterocycles. The molecule has 0 aromatic heterocycles. The van der Waals surface area contributed by atoms with Gasteiger partial charge in [0.2, 0.25) is 5.91 Å². The standard InChI is InChI=1S/C16H17FN2O/c1-11-3-5-13(6-4-11)19-16(20)10-18-14-7-8-15(17)12(2)9-14/h3-9,18H,10H2,1-2H3,(H,19,20). The summed E-state index contributed by atoms with van der Waals surface area (Å²) in [5.41, 5.74) is 3.18. The van der Waals surface area contributed by atoms with Gasteiger partial charge in [0.1, 0.15) is 5.82 Å². The van der Waals surface area contributed by atoms with Crippen molar-refractivity contribution >= 4 is 17.3 Å². The highest BCUT2D eigenvalue weighted by Gasteiger charge is 2.03. The third-order valence-corrected chi connectivity index (χ3v) is 2.95. The topological polar surface area (TPSA) is 41.1 Å². The minimum Gasteiger partial charge on any atom is -0.376 e. The molecule has 3 nitrogen and oxygen atoms in total. The first kappa shape index (κ1) is 14.1. The lowest BCUT2D eigenvalue weighted by molar-refractivity contribution is -0.114. The molecule has 104 valence electrons. The van der Waals surface area contributed by atoms with Crippen molar-refractivity contribution < 1.29 is 9.18 Å². The number of nitrogens with one attached hydrogen (secondary N) is 2. The van der Waals surface area contributed by atoms with E-state index in [1.165, 1.54) is 6.07 Å². The number of carbonyl (C=O) groups excluding carboxylic acids is 1. The van der Waals surface area contributed by atoms with Gasteiger partial charge in [-0.1, -0.05) is 17.7 Å². The quantitative estimate of drug-likeness (QED) is 0.894. The third kappa shape index (κ3) is 3.82.